The van der Waals surface area contributed by atoms with Crippen LogP contribution in [0.15, 0.2) is 24.3 Å². The van der Waals surface area contributed by atoms with E-state index >= 15 is 0 Å². The maximum atomic E-state index is 12.1. The van der Waals surface area contributed by atoms with E-state index in [9.17, 15) is 23.9 Å². The third kappa shape index (κ3) is 7.30. The number of aromatic nitrogens is 5. The summed E-state index contributed by atoms with van der Waals surface area (Å²) in [5.74, 6) is -1.77. The van der Waals surface area contributed by atoms with Crippen LogP contribution in [0.5, 0.6) is 0 Å². The predicted molar refractivity (Wildman–Crippen MR) is 137 cm³/mol. The molecular formula is C19H23Cl2N7O9P2. The second-order valence-electron chi connectivity index (χ2n) is 8.51. The van der Waals surface area contributed by atoms with E-state index in [1.165, 1.54) is 6.92 Å². The van der Waals surface area contributed by atoms with Crippen molar-refractivity contribution in [2.75, 3.05) is 17.8 Å². The Bertz CT molecular complexity index is 1470. The quantitative estimate of drug-likeness (QED) is 0.137. The number of halogens is 2. The summed E-state index contributed by atoms with van der Waals surface area (Å²) in [6, 6.07) is 5.97. The first-order chi connectivity index (χ1) is 18.2. The van der Waals surface area contributed by atoms with Crippen LogP contribution >= 0.6 is 38.4 Å². The molecular weight excluding hydrogens is 603 g/mol. The third-order valence-electron chi connectivity index (χ3n) is 5.49. The van der Waals surface area contributed by atoms with Crippen molar-refractivity contribution in [1.29, 1.82) is 0 Å². The van der Waals surface area contributed by atoms with Gasteiger partial charge in [-0.1, -0.05) is 35.0 Å². The van der Waals surface area contributed by atoms with E-state index < -0.39 is 58.1 Å². The third-order valence-corrected chi connectivity index (χ3v) is 9.48. The normalized spacial score (nSPS) is 23.1. The van der Waals surface area contributed by atoms with Gasteiger partial charge in [-0.05, 0) is 23.2 Å². The van der Waals surface area contributed by atoms with Crippen LogP contribution in [0.1, 0.15) is 18.7 Å². The maximum Gasteiger partial charge on any atom is 0.340 e. The lowest BCUT2D eigenvalue weighted by Crippen LogP contribution is -2.47. The molecule has 3 heterocycles. The lowest BCUT2D eigenvalue weighted by atomic mass is 10.1. The summed E-state index contributed by atoms with van der Waals surface area (Å²) in [5.41, 5.74) is 0.989. The van der Waals surface area contributed by atoms with Gasteiger partial charge >= 0.3 is 15.2 Å². The number of rotatable bonds is 10. The minimum Gasteiger partial charge on any atom is -0.386 e. The highest BCUT2D eigenvalue weighted by atomic mass is 35.5. The Kier molecular flexibility index (Phi) is 8.93. The number of ether oxygens (including phenoxy) is 1. The van der Waals surface area contributed by atoms with Gasteiger partial charge in [0.2, 0.25) is 11.2 Å². The summed E-state index contributed by atoms with van der Waals surface area (Å²) in [7, 11) is -9.62. The Balaban J connectivity index is 1.59. The van der Waals surface area contributed by atoms with Crippen LogP contribution in [0.2, 0.25) is 10.3 Å². The van der Waals surface area contributed by atoms with Crippen LogP contribution in [0.3, 0.4) is 0 Å². The van der Waals surface area contributed by atoms with Crippen LogP contribution in [0.4, 0.5) is 5.82 Å². The highest BCUT2D eigenvalue weighted by Gasteiger charge is 2.47. The van der Waals surface area contributed by atoms with Gasteiger partial charge in [-0.3, -0.25) is 13.9 Å². The fraction of sp³-hybridized carbons (Fsp3) is 0.421. The average molecular weight is 626 g/mol. The molecule has 39 heavy (non-hydrogen) atoms. The van der Waals surface area contributed by atoms with E-state index in [1.807, 2.05) is 12.1 Å². The number of amides is 1. The monoisotopic (exact) mass is 625 g/mol. The molecule has 0 radical (unpaired) electrons. The van der Waals surface area contributed by atoms with Crippen molar-refractivity contribution < 1.29 is 43.0 Å². The fourth-order valence-electron chi connectivity index (χ4n) is 3.88. The Labute approximate surface area is 230 Å². The Hall–Kier alpha value is -2.23. The standard InChI is InChI=1S/C19H23Cl2N7O9P2/c1-9(29)23-13-12(7-36-39(34,35)8-38(31,32)33)37-18(15(13)30)28-17-14(26-27-28)16(24-19(21)25-17)22-6-10-4-2-3-5-11(10)20/h2-5,12-13,15,18,30H,6-8H2,1H3,(H,23,29)(H,34,35)(H,22,24,25)(H2,31,32,33)/t12-,13-,15-,18-/m1/s1. The van der Waals surface area contributed by atoms with Crippen molar-refractivity contribution in [2.45, 2.75) is 37.9 Å². The molecule has 16 nitrogen and oxygen atoms in total. The molecule has 1 aliphatic heterocycles. The fourth-order valence-corrected chi connectivity index (χ4v) is 6.82. The van der Waals surface area contributed by atoms with Crippen molar-refractivity contribution >= 4 is 61.3 Å². The molecule has 3 aromatic rings. The summed E-state index contributed by atoms with van der Waals surface area (Å²) in [6.45, 7) is 0.730. The molecule has 1 unspecified atom stereocenters. The topological polar surface area (TPSA) is 231 Å². The molecule has 0 bridgehead atoms. The molecule has 20 heteroatoms. The number of aliphatic hydroxyl groups is 1. The second-order valence-corrected chi connectivity index (χ2v) is 13.3. The summed E-state index contributed by atoms with van der Waals surface area (Å²) in [4.78, 5) is 47.9. The van der Waals surface area contributed by atoms with Gasteiger partial charge in [0, 0.05) is 18.5 Å². The van der Waals surface area contributed by atoms with E-state index in [0.29, 0.717) is 5.02 Å². The van der Waals surface area contributed by atoms with E-state index in [4.69, 9.17) is 42.2 Å². The van der Waals surface area contributed by atoms with Crippen molar-refractivity contribution in [2.24, 2.45) is 0 Å². The van der Waals surface area contributed by atoms with Gasteiger partial charge in [0.15, 0.2) is 29.1 Å². The molecule has 0 saturated carbocycles. The first kappa shape index (κ1) is 29.7. The number of aliphatic hydroxyl groups excluding tert-OH is 1. The highest BCUT2D eigenvalue weighted by molar-refractivity contribution is 7.70. The number of carbonyl (C=O) groups excluding carboxylic acids is 1. The van der Waals surface area contributed by atoms with E-state index in [1.54, 1.807) is 12.1 Å². The SMILES string of the molecule is CC(=O)N[C@H]1[C@@H](O)[C@H](n2nnc3c(NCc4ccccc4Cl)nc(Cl)nc32)O[C@@H]1COP(=O)(O)CP(=O)(O)O. The van der Waals surface area contributed by atoms with Crippen LogP contribution in [0, 0.1) is 0 Å². The molecule has 0 aliphatic carbocycles. The van der Waals surface area contributed by atoms with Crippen LogP contribution in [-0.2, 0) is 29.7 Å². The summed E-state index contributed by atoms with van der Waals surface area (Å²) in [6.07, 6.45) is -4.05. The zero-order chi connectivity index (χ0) is 28.5. The lowest BCUT2D eigenvalue weighted by Gasteiger charge is -2.22. The molecule has 4 rings (SSSR count). The molecule has 1 amide bonds. The van der Waals surface area contributed by atoms with Gasteiger partial charge in [-0.2, -0.15) is 14.6 Å². The van der Waals surface area contributed by atoms with E-state index in [2.05, 4.69) is 30.9 Å². The van der Waals surface area contributed by atoms with Gasteiger partial charge < -0.3 is 39.7 Å². The number of benzene rings is 1. The largest absolute Gasteiger partial charge is 0.386 e. The zero-order valence-corrected chi connectivity index (χ0v) is 23.3. The maximum absolute atomic E-state index is 12.1. The molecule has 1 saturated heterocycles. The first-order valence-corrected chi connectivity index (χ1v) is 15.4. The predicted octanol–water partition coefficient (Wildman–Crippen LogP) is 1.24. The van der Waals surface area contributed by atoms with Crippen LogP contribution < -0.4 is 10.6 Å². The smallest absolute Gasteiger partial charge is 0.340 e. The van der Waals surface area contributed by atoms with Crippen molar-refractivity contribution in [3.63, 3.8) is 0 Å². The molecule has 1 fully saturated rings. The number of nitrogens with zero attached hydrogens (tertiary/aromatic N) is 5. The molecule has 6 N–H and O–H groups in total. The second kappa shape index (κ2) is 11.7. The summed E-state index contributed by atoms with van der Waals surface area (Å²) < 4.78 is 35.0. The Morgan fingerprint density at radius 1 is 1.21 bits per heavy atom. The lowest BCUT2D eigenvalue weighted by molar-refractivity contribution is -0.120. The summed E-state index contributed by atoms with van der Waals surface area (Å²) >= 11 is 12.3. The molecule has 5 atom stereocenters. The van der Waals surface area contributed by atoms with E-state index in [-0.39, 0.29) is 28.8 Å². The number of fused-ring (bicyclic) bond motifs is 1. The molecule has 0 spiro atoms. The van der Waals surface area contributed by atoms with Gasteiger partial charge in [0.25, 0.3) is 0 Å². The van der Waals surface area contributed by atoms with Gasteiger partial charge in [0.05, 0.1) is 12.6 Å². The molecule has 2 aromatic heterocycles. The minimum atomic E-state index is -4.88. The summed E-state index contributed by atoms with van der Waals surface area (Å²) in [5, 5.41) is 24.9. The number of anilines is 1. The van der Waals surface area contributed by atoms with E-state index in [0.717, 1.165) is 10.2 Å². The number of hydrogen-bond donors (Lipinski definition) is 6. The highest BCUT2D eigenvalue weighted by Crippen LogP contribution is 2.55. The average Bonchev–Trinajstić information content (AvgIpc) is 3.36. The van der Waals surface area contributed by atoms with Gasteiger partial charge in [0.1, 0.15) is 12.2 Å². The number of hydrogen-bond acceptors (Lipinski definition) is 11. The number of carbonyl (C=O) groups is 1. The molecule has 1 aromatic carbocycles. The van der Waals surface area contributed by atoms with Crippen molar-refractivity contribution in [3.8, 4) is 0 Å². The Morgan fingerprint density at radius 2 is 1.92 bits per heavy atom. The van der Waals surface area contributed by atoms with Crippen molar-refractivity contribution in [1.82, 2.24) is 30.3 Å². The molecule has 1 aliphatic rings. The molecule has 212 valence electrons. The first-order valence-electron chi connectivity index (χ1n) is 11.1. The minimum absolute atomic E-state index is 0.0539. The van der Waals surface area contributed by atoms with Crippen LogP contribution in [0.25, 0.3) is 11.2 Å². The number of nitrogens with one attached hydrogen (secondary N) is 2. The zero-order valence-electron chi connectivity index (χ0n) is 20.0. The van der Waals surface area contributed by atoms with Crippen LogP contribution in [-0.4, -0.2) is 81.4 Å². The van der Waals surface area contributed by atoms with Gasteiger partial charge in [-0.25, -0.2) is 0 Å². The van der Waals surface area contributed by atoms with Gasteiger partial charge in [-0.15, -0.1) is 5.10 Å². The Morgan fingerprint density at radius 3 is 2.59 bits per heavy atom. The van der Waals surface area contributed by atoms with Crippen molar-refractivity contribution in [3.05, 3.63) is 40.1 Å².